The molecule has 3 N–H and O–H groups in total. The molecule has 0 spiro atoms. The molecule has 0 radical (unpaired) electrons. The molecule has 0 aliphatic carbocycles. The number of halogens is 2. The molecule has 24 heavy (non-hydrogen) atoms. The number of cyclic esters (lactones) is 2. The van der Waals surface area contributed by atoms with Gasteiger partial charge in [-0.1, -0.05) is 23.2 Å². The lowest BCUT2D eigenvalue weighted by Gasteiger charge is -2.12. The van der Waals surface area contributed by atoms with E-state index in [9.17, 15) is 14.4 Å². The van der Waals surface area contributed by atoms with Crippen molar-refractivity contribution in [2.45, 2.75) is 6.42 Å². The molecule has 2 aromatic rings. The molecule has 0 saturated carbocycles. The number of anilines is 1. The summed E-state index contributed by atoms with van der Waals surface area (Å²) < 4.78 is 4.40. The number of nitrogens with zero attached hydrogens (tertiary/aromatic N) is 2. The number of fused-ring (bicyclic) bond motifs is 1. The van der Waals surface area contributed by atoms with Crippen LogP contribution in [0.1, 0.15) is 26.3 Å². The van der Waals surface area contributed by atoms with Crippen LogP contribution in [-0.4, -0.2) is 33.0 Å². The van der Waals surface area contributed by atoms with Crippen LogP contribution in [0.5, 0.6) is 0 Å². The fourth-order valence-corrected chi connectivity index (χ4v) is 2.08. The quantitative estimate of drug-likeness (QED) is 0.442. The van der Waals surface area contributed by atoms with Crippen LogP contribution in [0.2, 0.25) is 10.3 Å². The first-order chi connectivity index (χ1) is 11.3. The van der Waals surface area contributed by atoms with E-state index in [1.807, 2.05) is 0 Å². The summed E-state index contributed by atoms with van der Waals surface area (Å²) in [5, 5.41) is 8.86. The van der Waals surface area contributed by atoms with Crippen molar-refractivity contribution in [3.8, 4) is 0 Å². The van der Waals surface area contributed by atoms with Gasteiger partial charge < -0.3 is 15.6 Å². The third-order valence-electron chi connectivity index (χ3n) is 2.85. The van der Waals surface area contributed by atoms with Gasteiger partial charge in [0.05, 0.1) is 29.4 Å². The maximum Gasteiger partial charge on any atom is 0.346 e. The Morgan fingerprint density at radius 2 is 1.79 bits per heavy atom. The van der Waals surface area contributed by atoms with Gasteiger partial charge in [-0.3, -0.25) is 4.79 Å². The van der Waals surface area contributed by atoms with Crippen LogP contribution in [0.3, 0.4) is 0 Å². The number of nitrogen functional groups attached to an aromatic ring is 1. The van der Waals surface area contributed by atoms with E-state index in [4.69, 9.17) is 34.0 Å². The topological polar surface area (TPSA) is 132 Å². The predicted molar refractivity (Wildman–Crippen MR) is 84.0 cm³/mol. The number of esters is 2. The Hall–Kier alpha value is -2.71. The van der Waals surface area contributed by atoms with E-state index in [0.29, 0.717) is 11.1 Å². The van der Waals surface area contributed by atoms with Gasteiger partial charge in [0.2, 0.25) is 0 Å². The third-order valence-corrected chi connectivity index (χ3v) is 3.26. The lowest BCUT2D eigenvalue weighted by Crippen LogP contribution is -2.22. The maximum absolute atomic E-state index is 11.1. The second kappa shape index (κ2) is 7.24. The lowest BCUT2D eigenvalue weighted by molar-refractivity contribution is -0.137. The minimum Gasteiger partial charge on any atom is -0.478 e. The first-order valence-electron chi connectivity index (χ1n) is 6.31. The third kappa shape index (κ3) is 4.18. The molecule has 0 saturated heterocycles. The predicted octanol–water partition coefficient (Wildman–Crippen LogP) is 1.99. The molecule has 3 rings (SSSR count). The number of aromatic nitrogens is 2. The Balaban J connectivity index is 0.000000177. The zero-order chi connectivity index (χ0) is 17.9. The van der Waals surface area contributed by atoms with Gasteiger partial charge in [-0.15, -0.1) is 0 Å². The second-order valence-corrected chi connectivity index (χ2v) is 5.28. The Kier molecular flexibility index (Phi) is 5.32. The zero-order valence-corrected chi connectivity index (χ0v) is 13.3. The number of hydrogen-bond acceptors (Lipinski definition) is 7. The SMILES string of the molecule is Nc1cnc(Cl)cc1C(=O)O.O=C1Cc2cnc(Cl)cc2C(=O)O1. The van der Waals surface area contributed by atoms with E-state index in [0.717, 1.165) is 0 Å². The van der Waals surface area contributed by atoms with Gasteiger partial charge >= 0.3 is 17.9 Å². The van der Waals surface area contributed by atoms with Crippen molar-refractivity contribution in [1.29, 1.82) is 0 Å². The number of carbonyl (C=O) groups is 3. The van der Waals surface area contributed by atoms with Gasteiger partial charge in [-0.25, -0.2) is 19.6 Å². The number of carbonyl (C=O) groups excluding carboxylic acids is 2. The first kappa shape index (κ1) is 17.6. The summed E-state index contributed by atoms with van der Waals surface area (Å²) in [6.45, 7) is 0. The van der Waals surface area contributed by atoms with E-state index in [1.165, 1.54) is 24.5 Å². The molecule has 124 valence electrons. The first-order valence-corrected chi connectivity index (χ1v) is 7.07. The van der Waals surface area contributed by atoms with Crippen LogP contribution in [0.25, 0.3) is 0 Å². The van der Waals surface area contributed by atoms with Crippen molar-refractivity contribution in [2.75, 3.05) is 5.73 Å². The molecule has 0 fully saturated rings. The molecule has 0 unspecified atom stereocenters. The number of carboxylic acid groups (broad SMARTS) is 1. The number of ether oxygens (including phenoxy) is 1. The van der Waals surface area contributed by atoms with Gasteiger partial charge in [0, 0.05) is 6.20 Å². The highest BCUT2D eigenvalue weighted by atomic mass is 35.5. The number of hydrogen-bond donors (Lipinski definition) is 2. The van der Waals surface area contributed by atoms with Gasteiger partial charge in [0.15, 0.2) is 0 Å². The van der Waals surface area contributed by atoms with E-state index in [-0.39, 0.29) is 28.0 Å². The molecule has 0 bridgehead atoms. The van der Waals surface area contributed by atoms with Crippen molar-refractivity contribution in [2.24, 2.45) is 0 Å². The largest absolute Gasteiger partial charge is 0.478 e. The van der Waals surface area contributed by atoms with E-state index >= 15 is 0 Å². The molecule has 1 aliphatic heterocycles. The molecule has 8 nitrogen and oxygen atoms in total. The Morgan fingerprint density at radius 3 is 2.42 bits per heavy atom. The number of pyridine rings is 2. The van der Waals surface area contributed by atoms with Crippen LogP contribution in [0.4, 0.5) is 5.69 Å². The normalized spacial score (nSPS) is 12.6. The molecule has 1 aliphatic rings. The van der Waals surface area contributed by atoms with E-state index in [1.54, 1.807) is 0 Å². The molecule has 0 atom stereocenters. The lowest BCUT2D eigenvalue weighted by atomic mass is 10.1. The molecular weight excluding hydrogens is 361 g/mol. The number of rotatable bonds is 1. The molecule has 2 aromatic heterocycles. The summed E-state index contributed by atoms with van der Waals surface area (Å²) in [5.74, 6) is -2.32. The average Bonchev–Trinajstić information content (AvgIpc) is 2.51. The highest BCUT2D eigenvalue weighted by Crippen LogP contribution is 2.19. The van der Waals surface area contributed by atoms with Crippen molar-refractivity contribution in [3.05, 3.63) is 51.5 Å². The fourth-order valence-electron chi connectivity index (χ4n) is 1.76. The van der Waals surface area contributed by atoms with Gasteiger partial charge in [-0.05, 0) is 17.7 Å². The van der Waals surface area contributed by atoms with Gasteiger partial charge in [-0.2, -0.15) is 0 Å². The summed E-state index contributed by atoms with van der Waals surface area (Å²) in [6.07, 6.45) is 2.70. The summed E-state index contributed by atoms with van der Waals surface area (Å²) in [7, 11) is 0. The molecule has 3 heterocycles. The number of nitrogens with two attached hydrogens (primary N) is 1. The number of carboxylic acids is 1. The Morgan fingerprint density at radius 1 is 1.17 bits per heavy atom. The average molecular weight is 370 g/mol. The Labute approximate surface area is 145 Å². The highest BCUT2D eigenvalue weighted by molar-refractivity contribution is 6.30. The molecular formula is C14H9Cl2N3O5. The Bertz CT molecular complexity index is 841. The van der Waals surface area contributed by atoms with Crippen LogP contribution in [0, 0.1) is 0 Å². The smallest absolute Gasteiger partial charge is 0.346 e. The minimum absolute atomic E-state index is 0.0231. The molecule has 0 amide bonds. The summed E-state index contributed by atoms with van der Waals surface area (Å²) in [6, 6.07) is 2.60. The summed E-state index contributed by atoms with van der Waals surface area (Å²) >= 11 is 11.0. The second-order valence-electron chi connectivity index (χ2n) is 4.50. The fraction of sp³-hybridized carbons (Fsp3) is 0.0714. The summed E-state index contributed by atoms with van der Waals surface area (Å²) in [5.41, 5.74) is 6.26. The van der Waals surface area contributed by atoms with Crippen molar-refractivity contribution in [3.63, 3.8) is 0 Å². The maximum atomic E-state index is 11.1. The monoisotopic (exact) mass is 369 g/mol. The van der Waals surface area contributed by atoms with Crippen molar-refractivity contribution < 1.29 is 24.2 Å². The summed E-state index contributed by atoms with van der Waals surface area (Å²) in [4.78, 5) is 39.7. The van der Waals surface area contributed by atoms with Crippen LogP contribution >= 0.6 is 23.2 Å². The minimum atomic E-state index is -1.10. The van der Waals surface area contributed by atoms with Crippen LogP contribution < -0.4 is 5.73 Å². The van der Waals surface area contributed by atoms with E-state index < -0.39 is 17.9 Å². The molecule has 0 aromatic carbocycles. The van der Waals surface area contributed by atoms with E-state index in [2.05, 4.69) is 14.7 Å². The van der Waals surface area contributed by atoms with Crippen LogP contribution in [-0.2, 0) is 16.0 Å². The highest BCUT2D eigenvalue weighted by Gasteiger charge is 2.24. The zero-order valence-electron chi connectivity index (χ0n) is 11.8. The van der Waals surface area contributed by atoms with Gasteiger partial charge in [0.1, 0.15) is 10.3 Å². The van der Waals surface area contributed by atoms with Gasteiger partial charge in [0.25, 0.3) is 0 Å². The number of aromatic carboxylic acids is 1. The molecule has 10 heteroatoms. The van der Waals surface area contributed by atoms with Crippen LogP contribution in [0.15, 0.2) is 24.5 Å². The van der Waals surface area contributed by atoms with Crippen molar-refractivity contribution in [1.82, 2.24) is 9.97 Å². The standard InChI is InChI=1S/C8H4ClNO3.C6H5ClN2O2/c9-6-2-5-4(3-10-6)1-7(11)13-8(5)12;7-5-1-3(6(10)11)4(8)2-9-5/h2-3H,1H2;1-2H,8H2,(H,10,11). The van der Waals surface area contributed by atoms with Crippen molar-refractivity contribution >= 4 is 46.8 Å².